The quantitative estimate of drug-likeness (QED) is 0.347. The fourth-order valence-electron chi connectivity index (χ4n) is 4.74. The molecule has 5 atom stereocenters. The zero-order valence-corrected chi connectivity index (χ0v) is 21.1. The third-order valence-corrected chi connectivity index (χ3v) is 6.77. The Morgan fingerprint density at radius 1 is 1.19 bits per heavy atom. The summed E-state index contributed by atoms with van der Waals surface area (Å²) >= 11 is 0. The maximum atomic E-state index is 14.4. The van der Waals surface area contributed by atoms with E-state index < -0.39 is 128 Å². The van der Waals surface area contributed by atoms with Gasteiger partial charge in [0.2, 0.25) is 17.6 Å². The monoisotopic (exact) mass is 538 g/mol. The molecule has 2 saturated carbocycles. The van der Waals surface area contributed by atoms with Crippen LogP contribution in [0, 0.1) is 28.6 Å². The molecular weight excluding hydrogens is 474 g/mol. The SMILES string of the molecule is [2H]C([2H])([2H])C(NC(=O)N[C@H](C(=O)N1C[C@H]2[C@@H]([C@H]1C(=O)N[C@@]([2H])(C(=O)C(N)=O)C([2H])([2H])C1([2H])C([2H])([2H])C([2H])([2H])C1([2H])[2H])C2(C)C)C(C)(C)C)(C([2H])([2H])[2H])C([2H])([2H])[2H]. The van der Waals surface area contributed by atoms with E-state index in [0.29, 0.717) is 0 Å². The zero-order chi connectivity index (χ0) is 44.6. The third kappa shape index (κ3) is 6.26. The van der Waals surface area contributed by atoms with Crippen LogP contribution in [0.15, 0.2) is 0 Å². The molecule has 208 valence electrons. The maximum Gasteiger partial charge on any atom is 0.315 e. The van der Waals surface area contributed by atoms with E-state index >= 15 is 0 Å². The Balaban J connectivity index is 2.12. The van der Waals surface area contributed by atoms with Gasteiger partial charge in [0, 0.05) is 36.8 Å². The van der Waals surface area contributed by atoms with Crippen molar-refractivity contribution in [2.45, 2.75) is 104 Å². The first-order chi connectivity index (χ1) is 24.4. The minimum absolute atomic E-state index is 0.302. The van der Waals surface area contributed by atoms with Crippen LogP contribution < -0.4 is 21.7 Å². The molecule has 3 fully saturated rings. The third-order valence-electron chi connectivity index (χ3n) is 6.77. The number of carbonyl (C=O) groups is 5. The zero-order valence-electron chi connectivity index (χ0n) is 40.1. The molecular formula is C27H45N5O5. The van der Waals surface area contributed by atoms with Gasteiger partial charge in [0.15, 0.2) is 0 Å². The molecule has 2 aliphatic carbocycles. The van der Waals surface area contributed by atoms with Crippen LogP contribution in [0.3, 0.4) is 0 Å². The van der Waals surface area contributed by atoms with E-state index in [4.69, 9.17) is 31.8 Å². The molecule has 10 heteroatoms. The number of urea groups is 1. The summed E-state index contributed by atoms with van der Waals surface area (Å²) in [6.07, 6.45) is -15.5. The van der Waals surface area contributed by atoms with Gasteiger partial charge in [0.25, 0.3) is 5.91 Å². The molecule has 1 heterocycles. The summed E-state index contributed by atoms with van der Waals surface area (Å²) in [5.74, 6) is -12.5. The Bertz CT molecular complexity index is 1630. The first-order valence-corrected chi connectivity index (χ1v) is 11.4. The van der Waals surface area contributed by atoms with Gasteiger partial charge in [-0.05, 0) is 55.5 Å². The molecule has 3 rings (SSSR count). The molecule has 0 aromatic rings. The molecule has 5 amide bonds. The van der Waals surface area contributed by atoms with Gasteiger partial charge in [0.1, 0.15) is 12.1 Å². The number of likely N-dealkylation sites (tertiary alicyclic amines) is 1. The average Bonchev–Trinajstić information content (AvgIpc) is 3.29. The van der Waals surface area contributed by atoms with Gasteiger partial charge in [-0.15, -0.1) is 0 Å². The van der Waals surface area contributed by atoms with E-state index in [1.54, 1.807) is 19.2 Å². The fourth-order valence-corrected chi connectivity index (χ4v) is 4.74. The summed E-state index contributed by atoms with van der Waals surface area (Å²) in [5, 5.41) is 5.30. The molecule has 0 spiro atoms. The van der Waals surface area contributed by atoms with Crippen molar-refractivity contribution in [3.63, 3.8) is 0 Å². The minimum atomic E-state index is -4.29. The molecule has 0 aromatic heterocycles. The second-order valence-corrected chi connectivity index (χ2v) is 11.0. The lowest BCUT2D eigenvalue weighted by Gasteiger charge is -2.38. The van der Waals surface area contributed by atoms with Crippen molar-refractivity contribution in [2.75, 3.05) is 6.54 Å². The Kier molecular flexibility index (Phi) is 3.34. The van der Waals surface area contributed by atoms with Gasteiger partial charge in [-0.25, -0.2) is 4.79 Å². The van der Waals surface area contributed by atoms with E-state index in [9.17, 15) is 24.0 Å². The summed E-state index contributed by atoms with van der Waals surface area (Å²) in [6, 6.07) is -9.51. The van der Waals surface area contributed by atoms with Crippen LogP contribution in [-0.4, -0.2) is 64.6 Å². The molecule has 10 nitrogen and oxygen atoms in total. The fraction of sp³-hybridized carbons (Fsp3) is 0.815. The number of primary amides is 1. The lowest BCUT2D eigenvalue weighted by Crippen LogP contribution is -2.62. The van der Waals surface area contributed by atoms with Crippen molar-refractivity contribution in [3.8, 4) is 0 Å². The molecule has 0 aromatic carbocycles. The average molecular weight is 539 g/mol. The first kappa shape index (κ1) is 12.5. The predicted molar refractivity (Wildman–Crippen MR) is 139 cm³/mol. The molecule has 0 radical (unpaired) electrons. The number of ketones is 1. The van der Waals surface area contributed by atoms with Crippen molar-refractivity contribution in [2.24, 2.45) is 34.3 Å². The van der Waals surface area contributed by atoms with Crippen molar-refractivity contribution in [3.05, 3.63) is 0 Å². The van der Waals surface area contributed by atoms with Gasteiger partial charge in [-0.2, -0.15) is 0 Å². The summed E-state index contributed by atoms with van der Waals surface area (Å²) in [4.78, 5) is 68.3. The topological polar surface area (TPSA) is 151 Å². The van der Waals surface area contributed by atoms with Crippen LogP contribution in [-0.2, 0) is 19.2 Å². The van der Waals surface area contributed by atoms with E-state index in [2.05, 4.69) is 5.32 Å². The van der Waals surface area contributed by atoms with Gasteiger partial charge in [-0.1, -0.05) is 53.7 Å². The van der Waals surface area contributed by atoms with Gasteiger partial charge in [0.05, 0.1) is 7.39 Å². The smallest absolute Gasteiger partial charge is 0.315 e. The highest BCUT2D eigenvalue weighted by Crippen LogP contribution is 2.65. The Labute approximate surface area is 246 Å². The number of nitrogens with one attached hydrogen (secondary N) is 3. The summed E-state index contributed by atoms with van der Waals surface area (Å²) < 4.78 is 153. The second kappa shape index (κ2) is 9.91. The first-order valence-electron chi connectivity index (χ1n) is 20.9. The van der Waals surface area contributed by atoms with Crippen LogP contribution in [0.5, 0.6) is 0 Å². The second-order valence-electron chi connectivity index (χ2n) is 11.0. The van der Waals surface area contributed by atoms with Crippen LogP contribution in [0.1, 0.15) is 107 Å². The highest BCUT2D eigenvalue weighted by atomic mass is 16.2. The summed E-state index contributed by atoms with van der Waals surface area (Å²) in [7, 11) is 0. The molecule has 0 bridgehead atoms. The number of carbonyl (C=O) groups excluding carboxylic acids is 5. The van der Waals surface area contributed by atoms with Crippen LogP contribution in [0.2, 0.25) is 0 Å². The van der Waals surface area contributed by atoms with E-state index in [0.717, 1.165) is 4.90 Å². The van der Waals surface area contributed by atoms with Crippen molar-refractivity contribution >= 4 is 29.5 Å². The highest BCUT2D eigenvalue weighted by Gasteiger charge is 2.70. The standard InChI is InChI=1S/C27H45N5O5/c1-25(2,3)20(30-24(37)31-26(4,5)6)23(36)32-13-15-17(27(15,7)8)18(32)22(35)29-16(19(33)21(28)34)12-14-10-9-11-14/h14-18,20H,9-13H2,1-8H3,(H2,28,34)(H,29,35)(H2,30,31,37)/t15-,16+,17-,18-,20+/m0/s1/i4D3,5D3,6D3,9D2,10D2,11D2,12D2,14D,16D. The number of hydrogen-bond donors (Lipinski definition) is 4. The molecule has 1 saturated heterocycles. The number of Topliss-reactive ketones (excluding diaryl/α,β-unsaturated/α-hetero) is 1. The Morgan fingerprint density at radius 3 is 2.35 bits per heavy atom. The number of amides is 5. The number of nitrogens with zero attached hydrogens (tertiary/aromatic N) is 1. The van der Waals surface area contributed by atoms with Crippen molar-refractivity contribution in [1.29, 1.82) is 0 Å². The molecule has 1 aliphatic heterocycles. The highest BCUT2D eigenvalue weighted by molar-refractivity contribution is 6.37. The number of fused-ring (bicyclic) bond motifs is 1. The summed E-state index contributed by atoms with van der Waals surface area (Å²) in [5.41, 5.74) is -0.944. The Morgan fingerprint density at radius 2 is 1.81 bits per heavy atom. The van der Waals surface area contributed by atoms with Crippen molar-refractivity contribution < 1.29 is 50.0 Å². The molecule has 3 aliphatic rings. The molecule has 0 unspecified atom stereocenters. The van der Waals surface area contributed by atoms with E-state index in [1.807, 2.05) is 0 Å². The number of hydrogen-bond acceptors (Lipinski definition) is 5. The summed E-state index contributed by atoms with van der Waals surface area (Å²) in [6.45, 7) is -4.50. The molecule has 37 heavy (non-hydrogen) atoms. The van der Waals surface area contributed by atoms with Gasteiger partial charge < -0.3 is 26.6 Å². The lowest BCUT2D eigenvalue weighted by atomic mass is 9.80. The lowest BCUT2D eigenvalue weighted by molar-refractivity contribution is -0.145. The number of piperidine rings is 1. The predicted octanol–water partition coefficient (Wildman–Crippen LogP) is 1.71. The molecule has 5 N–H and O–H groups in total. The maximum absolute atomic E-state index is 14.4. The normalized spacial score (nSPS) is 41.1. The largest absolute Gasteiger partial charge is 0.363 e. The van der Waals surface area contributed by atoms with Crippen LogP contribution >= 0.6 is 0 Å². The van der Waals surface area contributed by atoms with Gasteiger partial charge in [-0.3, -0.25) is 19.2 Å². The van der Waals surface area contributed by atoms with E-state index in [1.165, 1.54) is 26.1 Å². The van der Waals surface area contributed by atoms with Crippen LogP contribution in [0.25, 0.3) is 0 Å². The van der Waals surface area contributed by atoms with Crippen LogP contribution in [0.4, 0.5) is 4.79 Å². The Hall–Kier alpha value is -2.65. The minimum Gasteiger partial charge on any atom is -0.363 e. The number of nitrogens with two attached hydrogens (primary N) is 1. The van der Waals surface area contributed by atoms with Crippen molar-refractivity contribution in [1.82, 2.24) is 20.9 Å². The number of rotatable bonds is 8. The van der Waals surface area contributed by atoms with E-state index in [-0.39, 0.29) is 6.54 Å². The van der Waals surface area contributed by atoms with Gasteiger partial charge >= 0.3 is 6.03 Å².